The van der Waals surface area contributed by atoms with Crippen LogP contribution in [0.15, 0.2) is 60.7 Å². The number of rotatable bonds is 12. The number of imidazole rings is 1. The van der Waals surface area contributed by atoms with Crippen LogP contribution >= 0.6 is 0 Å². The third-order valence-electron chi connectivity index (χ3n) is 6.42. The van der Waals surface area contributed by atoms with Crippen LogP contribution in [0.25, 0.3) is 11.0 Å². The normalized spacial score (nSPS) is 10.9. The number of fused-ring (bicyclic) bond motifs is 1. The Bertz CT molecular complexity index is 1340. The van der Waals surface area contributed by atoms with Crippen molar-refractivity contribution in [1.29, 1.82) is 0 Å². The molecule has 0 saturated carbocycles. The van der Waals surface area contributed by atoms with Crippen molar-refractivity contribution in [3.8, 4) is 17.2 Å². The SMILES string of the molecule is COc1ccc(CC(=O)NCCCc2nc3ccccc3n2CCOc2c(C)cccc2C)cc1OC. The first kappa shape index (κ1) is 26.1. The molecule has 194 valence electrons. The maximum Gasteiger partial charge on any atom is 0.224 e. The van der Waals surface area contributed by atoms with Gasteiger partial charge in [0.1, 0.15) is 18.2 Å². The summed E-state index contributed by atoms with van der Waals surface area (Å²) < 4.78 is 19.0. The van der Waals surface area contributed by atoms with E-state index in [0.717, 1.165) is 52.1 Å². The van der Waals surface area contributed by atoms with E-state index in [0.29, 0.717) is 31.2 Å². The third kappa shape index (κ3) is 6.42. The molecule has 0 bridgehead atoms. The number of carbonyl (C=O) groups excluding carboxylic acids is 1. The van der Waals surface area contributed by atoms with Crippen molar-refractivity contribution in [3.05, 3.63) is 83.2 Å². The number of aromatic nitrogens is 2. The van der Waals surface area contributed by atoms with Crippen LogP contribution < -0.4 is 19.5 Å². The summed E-state index contributed by atoms with van der Waals surface area (Å²) in [5.74, 6) is 3.19. The zero-order chi connectivity index (χ0) is 26.2. The lowest BCUT2D eigenvalue weighted by molar-refractivity contribution is -0.120. The molecule has 0 saturated heterocycles. The van der Waals surface area contributed by atoms with E-state index in [2.05, 4.69) is 41.9 Å². The second-order valence-electron chi connectivity index (χ2n) is 9.06. The van der Waals surface area contributed by atoms with Crippen LogP contribution in [-0.4, -0.2) is 42.8 Å². The van der Waals surface area contributed by atoms with Crippen LogP contribution in [0.1, 0.15) is 28.9 Å². The summed E-state index contributed by atoms with van der Waals surface area (Å²) >= 11 is 0. The highest BCUT2D eigenvalue weighted by molar-refractivity contribution is 5.79. The van der Waals surface area contributed by atoms with Crippen molar-refractivity contribution < 1.29 is 19.0 Å². The van der Waals surface area contributed by atoms with Gasteiger partial charge in [0.05, 0.1) is 38.2 Å². The molecule has 1 heterocycles. The average molecular weight is 502 g/mol. The monoisotopic (exact) mass is 501 g/mol. The van der Waals surface area contributed by atoms with E-state index in [-0.39, 0.29) is 12.3 Å². The van der Waals surface area contributed by atoms with Gasteiger partial charge in [0.25, 0.3) is 0 Å². The summed E-state index contributed by atoms with van der Waals surface area (Å²) in [6.07, 6.45) is 1.84. The number of amides is 1. The van der Waals surface area contributed by atoms with Gasteiger partial charge in [-0.05, 0) is 61.2 Å². The fourth-order valence-corrected chi connectivity index (χ4v) is 4.54. The van der Waals surface area contributed by atoms with Gasteiger partial charge in [0.2, 0.25) is 5.91 Å². The van der Waals surface area contributed by atoms with E-state index < -0.39 is 0 Å². The van der Waals surface area contributed by atoms with Crippen LogP contribution in [0.4, 0.5) is 0 Å². The molecule has 0 aliphatic carbocycles. The van der Waals surface area contributed by atoms with Crippen molar-refractivity contribution in [2.24, 2.45) is 0 Å². The molecule has 0 unspecified atom stereocenters. The van der Waals surface area contributed by atoms with Crippen LogP contribution in [0, 0.1) is 13.8 Å². The fourth-order valence-electron chi connectivity index (χ4n) is 4.54. The zero-order valence-electron chi connectivity index (χ0n) is 22.0. The molecule has 0 spiro atoms. The van der Waals surface area contributed by atoms with Gasteiger partial charge in [0, 0.05) is 13.0 Å². The molecule has 7 heteroatoms. The van der Waals surface area contributed by atoms with Gasteiger partial charge in [-0.1, -0.05) is 36.4 Å². The number of aryl methyl sites for hydroxylation is 3. The molecule has 1 N–H and O–H groups in total. The van der Waals surface area contributed by atoms with Crippen LogP contribution in [0.5, 0.6) is 17.2 Å². The molecule has 1 aromatic heterocycles. The van der Waals surface area contributed by atoms with Crippen molar-refractivity contribution in [3.63, 3.8) is 0 Å². The van der Waals surface area contributed by atoms with E-state index in [9.17, 15) is 4.79 Å². The highest BCUT2D eigenvalue weighted by atomic mass is 16.5. The van der Waals surface area contributed by atoms with Crippen LogP contribution in [-0.2, 0) is 24.2 Å². The van der Waals surface area contributed by atoms with Gasteiger partial charge < -0.3 is 24.1 Å². The Balaban J connectivity index is 1.33. The molecule has 0 fully saturated rings. The number of ether oxygens (including phenoxy) is 3. The standard InChI is InChI=1S/C30H35N3O4/c1-21-9-7-10-22(2)30(21)37-18-17-33-25-12-6-5-11-24(25)32-28(33)13-8-16-31-29(34)20-23-14-15-26(35-3)27(19-23)36-4/h5-7,9-12,14-15,19H,8,13,16-18,20H2,1-4H3,(H,31,34). The molecule has 3 aromatic carbocycles. The molecule has 0 aliphatic rings. The molecule has 0 aliphatic heterocycles. The van der Waals surface area contributed by atoms with E-state index in [1.807, 2.05) is 42.5 Å². The quantitative estimate of drug-likeness (QED) is 0.275. The summed E-state index contributed by atoms with van der Waals surface area (Å²) in [7, 11) is 3.18. The summed E-state index contributed by atoms with van der Waals surface area (Å²) in [5.41, 5.74) is 5.22. The lowest BCUT2D eigenvalue weighted by Crippen LogP contribution is -2.26. The lowest BCUT2D eigenvalue weighted by atomic mass is 10.1. The fraction of sp³-hybridized carbons (Fsp3) is 0.333. The number of carbonyl (C=O) groups is 1. The average Bonchev–Trinajstić information content (AvgIpc) is 3.25. The Morgan fingerprint density at radius 3 is 2.46 bits per heavy atom. The van der Waals surface area contributed by atoms with Gasteiger partial charge in [-0.25, -0.2) is 4.98 Å². The summed E-state index contributed by atoms with van der Waals surface area (Å²) in [5, 5.41) is 3.03. The third-order valence-corrected chi connectivity index (χ3v) is 6.42. The zero-order valence-corrected chi connectivity index (χ0v) is 22.0. The number of benzene rings is 3. The molecule has 0 atom stereocenters. The summed E-state index contributed by atoms with van der Waals surface area (Å²) in [6.45, 7) is 5.98. The number of nitrogens with one attached hydrogen (secondary N) is 1. The van der Waals surface area contributed by atoms with Gasteiger partial charge in [0.15, 0.2) is 11.5 Å². The van der Waals surface area contributed by atoms with Gasteiger partial charge in [-0.2, -0.15) is 0 Å². The number of para-hydroxylation sites is 3. The Kier molecular flexibility index (Phi) is 8.67. The maximum absolute atomic E-state index is 12.5. The largest absolute Gasteiger partial charge is 0.493 e. The van der Waals surface area contributed by atoms with E-state index in [1.54, 1.807) is 14.2 Å². The topological polar surface area (TPSA) is 74.6 Å². The van der Waals surface area contributed by atoms with Crippen LogP contribution in [0.3, 0.4) is 0 Å². The molecule has 4 rings (SSSR count). The molecule has 4 aromatic rings. The minimum Gasteiger partial charge on any atom is -0.493 e. The Morgan fingerprint density at radius 1 is 0.946 bits per heavy atom. The highest BCUT2D eigenvalue weighted by Gasteiger charge is 2.12. The van der Waals surface area contributed by atoms with Gasteiger partial charge in [-0.3, -0.25) is 4.79 Å². The minimum absolute atomic E-state index is 0.0253. The first-order valence-electron chi connectivity index (χ1n) is 12.6. The molecular weight excluding hydrogens is 466 g/mol. The number of hydrogen-bond donors (Lipinski definition) is 1. The van der Waals surface area contributed by atoms with Gasteiger partial charge in [-0.15, -0.1) is 0 Å². The maximum atomic E-state index is 12.5. The molecule has 0 radical (unpaired) electrons. The summed E-state index contributed by atoms with van der Waals surface area (Å²) in [4.78, 5) is 17.4. The predicted octanol–water partition coefficient (Wildman–Crippen LogP) is 5.04. The second-order valence-corrected chi connectivity index (χ2v) is 9.06. The number of methoxy groups -OCH3 is 2. The van der Waals surface area contributed by atoms with Crippen molar-refractivity contribution >= 4 is 16.9 Å². The van der Waals surface area contributed by atoms with Crippen molar-refractivity contribution in [2.75, 3.05) is 27.4 Å². The Morgan fingerprint density at radius 2 is 1.70 bits per heavy atom. The second kappa shape index (κ2) is 12.3. The Hall–Kier alpha value is -4.00. The van der Waals surface area contributed by atoms with E-state index in [1.165, 1.54) is 0 Å². The van der Waals surface area contributed by atoms with E-state index >= 15 is 0 Å². The number of nitrogens with zero attached hydrogens (tertiary/aromatic N) is 2. The molecule has 1 amide bonds. The number of hydrogen-bond acceptors (Lipinski definition) is 5. The summed E-state index contributed by atoms with van der Waals surface area (Å²) in [6, 6.07) is 19.9. The molecule has 37 heavy (non-hydrogen) atoms. The molecular formula is C30H35N3O4. The van der Waals surface area contributed by atoms with Crippen LogP contribution in [0.2, 0.25) is 0 Å². The predicted molar refractivity (Wildman–Crippen MR) is 146 cm³/mol. The first-order valence-corrected chi connectivity index (χ1v) is 12.6. The smallest absolute Gasteiger partial charge is 0.224 e. The molecule has 7 nitrogen and oxygen atoms in total. The first-order chi connectivity index (χ1) is 18.0. The van der Waals surface area contributed by atoms with E-state index in [4.69, 9.17) is 19.2 Å². The highest BCUT2D eigenvalue weighted by Crippen LogP contribution is 2.27. The van der Waals surface area contributed by atoms with Crippen molar-refractivity contribution in [2.45, 2.75) is 39.7 Å². The van der Waals surface area contributed by atoms with Gasteiger partial charge >= 0.3 is 0 Å². The lowest BCUT2D eigenvalue weighted by Gasteiger charge is -2.14. The Labute approximate surface area is 218 Å². The van der Waals surface area contributed by atoms with Crippen molar-refractivity contribution in [1.82, 2.24) is 14.9 Å². The minimum atomic E-state index is -0.0253.